The van der Waals surface area contributed by atoms with Gasteiger partial charge in [0.05, 0.1) is 18.6 Å². The number of amides is 2. The van der Waals surface area contributed by atoms with E-state index < -0.39 is 40.8 Å². The maximum Gasteiger partial charge on any atom is 0.420 e. The Morgan fingerprint density at radius 2 is 1.89 bits per heavy atom. The van der Waals surface area contributed by atoms with Crippen LogP contribution in [0.5, 0.6) is 0 Å². The van der Waals surface area contributed by atoms with Crippen LogP contribution in [0.25, 0.3) is 0 Å². The van der Waals surface area contributed by atoms with Crippen LogP contribution in [0.1, 0.15) is 20.8 Å². The average molecular weight is 282 g/mol. The molecule has 0 radical (unpaired) electrons. The lowest BCUT2D eigenvalue weighted by molar-refractivity contribution is -0.871. The first kappa shape index (κ1) is 15.7. The molecule has 0 spiro atoms. The number of hydrogen-bond donors (Lipinski definition) is 0. The van der Waals surface area contributed by atoms with Gasteiger partial charge in [0, 0.05) is 0 Å². The third-order valence-corrected chi connectivity index (χ3v) is 3.68. The van der Waals surface area contributed by atoms with Crippen molar-refractivity contribution in [3.05, 3.63) is 0 Å². The molecule has 5 nitrogen and oxygen atoms in total. The highest BCUT2D eigenvalue weighted by molar-refractivity contribution is 5.81. The fourth-order valence-corrected chi connectivity index (χ4v) is 2.07. The van der Waals surface area contributed by atoms with E-state index in [1.165, 1.54) is 7.05 Å². The van der Waals surface area contributed by atoms with Crippen LogP contribution in [0.15, 0.2) is 0 Å². The van der Waals surface area contributed by atoms with E-state index >= 15 is 0 Å². The minimum absolute atomic E-state index is 0.235. The molecule has 1 saturated heterocycles. The van der Waals surface area contributed by atoms with Gasteiger partial charge in [-0.1, -0.05) is 0 Å². The Labute approximate surface area is 109 Å². The Morgan fingerprint density at radius 3 is 2.21 bits per heavy atom. The molecule has 1 aliphatic heterocycles. The zero-order valence-corrected chi connectivity index (χ0v) is 11.2. The highest BCUT2D eigenvalue weighted by Crippen LogP contribution is 2.33. The van der Waals surface area contributed by atoms with E-state index in [9.17, 15) is 27.9 Å². The number of carboxylic acid groups (broad SMARTS) is 1. The lowest BCUT2D eigenvalue weighted by Gasteiger charge is -2.38. The molecule has 0 saturated carbocycles. The standard InChI is InChI=1S/C11H17F3N2O3/c1-10(2,3)16(4)5-7(8(17)18)15(9(16)19)6-11(12,13)14/h7H,5-6H2,1-4H3. The summed E-state index contributed by atoms with van der Waals surface area (Å²) in [6.45, 7) is 3.21. The summed E-state index contributed by atoms with van der Waals surface area (Å²) in [6.07, 6.45) is -4.64. The summed E-state index contributed by atoms with van der Waals surface area (Å²) in [4.78, 5) is 23.5. The number of carboxylic acids is 1. The first-order valence-electron chi connectivity index (χ1n) is 5.74. The smallest absolute Gasteiger partial charge is 0.420 e. The number of carbonyl (C=O) groups is 2. The van der Waals surface area contributed by atoms with E-state index in [0.29, 0.717) is 4.90 Å². The molecular formula is C11H17F3N2O3. The van der Waals surface area contributed by atoms with E-state index in [0.717, 1.165) is 0 Å². The van der Waals surface area contributed by atoms with Crippen molar-refractivity contribution >= 4 is 12.0 Å². The van der Waals surface area contributed by atoms with Gasteiger partial charge in [0.15, 0.2) is 0 Å². The van der Waals surface area contributed by atoms with Gasteiger partial charge in [0.25, 0.3) is 0 Å². The maximum atomic E-state index is 12.5. The number of halogens is 3. The van der Waals surface area contributed by atoms with E-state index in [-0.39, 0.29) is 6.54 Å². The summed E-state index contributed by atoms with van der Waals surface area (Å²) in [7, 11) is 1.44. The molecule has 0 aromatic rings. The maximum absolute atomic E-state index is 12.5. The number of urea groups is 1. The average Bonchev–Trinajstić information content (AvgIpc) is 2.40. The van der Waals surface area contributed by atoms with Gasteiger partial charge in [-0.25, -0.2) is 9.28 Å². The van der Waals surface area contributed by atoms with Gasteiger partial charge < -0.3 is 9.90 Å². The third kappa shape index (κ3) is 2.83. The zero-order valence-electron chi connectivity index (χ0n) is 11.2. The van der Waals surface area contributed by atoms with Crippen LogP contribution < -0.4 is 5.11 Å². The van der Waals surface area contributed by atoms with Crippen LogP contribution in [-0.2, 0) is 4.79 Å². The Morgan fingerprint density at radius 1 is 1.42 bits per heavy atom. The normalized spacial score (nSPS) is 28.9. The van der Waals surface area contributed by atoms with Gasteiger partial charge >= 0.3 is 12.2 Å². The Bertz CT molecular complexity index is 403. The van der Waals surface area contributed by atoms with E-state index in [4.69, 9.17) is 0 Å². The Kier molecular flexibility index (Phi) is 3.62. The molecule has 1 fully saturated rings. The molecule has 0 aliphatic carbocycles. The molecule has 2 unspecified atom stereocenters. The number of likely N-dealkylation sites (N-methyl/N-ethyl adjacent to an activating group) is 1. The van der Waals surface area contributed by atoms with Crippen molar-refractivity contribution in [2.24, 2.45) is 0 Å². The van der Waals surface area contributed by atoms with Crippen molar-refractivity contribution in [2.45, 2.75) is 38.5 Å². The Balaban J connectivity index is 3.16. The molecule has 0 bridgehead atoms. The van der Waals surface area contributed by atoms with E-state index in [1.54, 1.807) is 20.8 Å². The molecule has 19 heavy (non-hydrogen) atoms. The first-order valence-corrected chi connectivity index (χ1v) is 5.74. The van der Waals surface area contributed by atoms with Crippen LogP contribution >= 0.6 is 0 Å². The van der Waals surface area contributed by atoms with Gasteiger partial charge in [0.1, 0.15) is 19.1 Å². The first-order chi connectivity index (χ1) is 8.29. The summed E-state index contributed by atoms with van der Waals surface area (Å²) in [6, 6.07) is -2.41. The highest BCUT2D eigenvalue weighted by Gasteiger charge is 2.57. The fourth-order valence-electron chi connectivity index (χ4n) is 2.07. The monoisotopic (exact) mass is 282 g/mol. The summed E-state index contributed by atoms with van der Waals surface area (Å²) in [5, 5.41) is 11.0. The van der Waals surface area contributed by atoms with Crippen LogP contribution in [0.2, 0.25) is 0 Å². The van der Waals surface area contributed by atoms with Crippen molar-refractivity contribution in [3.63, 3.8) is 0 Å². The molecule has 1 aliphatic rings. The van der Waals surface area contributed by atoms with Crippen LogP contribution in [0.4, 0.5) is 18.0 Å². The predicted octanol–water partition coefficient (Wildman–Crippen LogP) is 0.348. The molecule has 0 aromatic heterocycles. The molecule has 1 rings (SSSR count). The Hall–Kier alpha value is -1.31. The molecule has 0 aromatic carbocycles. The number of rotatable bonds is 2. The second-order valence-electron chi connectivity index (χ2n) is 5.91. The highest BCUT2D eigenvalue weighted by atomic mass is 19.4. The number of hydrogen-bond acceptors (Lipinski definition) is 3. The topological polar surface area (TPSA) is 60.4 Å². The fraction of sp³-hybridized carbons (Fsp3) is 0.818. The van der Waals surface area contributed by atoms with Gasteiger partial charge in [-0.05, 0) is 20.8 Å². The van der Waals surface area contributed by atoms with Gasteiger partial charge in [-0.15, -0.1) is 0 Å². The van der Waals surface area contributed by atoms with Gasteiger partial charge in [-0.2, -0.15) is 13.2 Å². The van der Waals surface area contributed by atoms with Gasteiger partial charge in [0.2, 0.25) is 0 Å². The van der Waals surface area contributed by atoms with E-state index in [2.05, 4.69) is 0 Å². The van der Waals surface area contributed by atoms with Crippen molar-refractivity contribution in [3.8, 4) is 0 Å². The van der Waals surface area contributed by atoms with Crippen molar-refractivity contribution < 1.29 is 32.3 Å². The van der Waals surface area contributed by atoms with Crippen LogP contribution in [0, 0.1) is 0 Å². The van der Waals surface area contributed by atoms with Crippen molar-refractivity contribution in [2.75, 3.05) is 20.1 Å². The summed E-state index contributed by atoms with van der Waals surface area (Å²) in [5.41, 5.74) is -0.703. The molecule has 2 amide bonds. The SMILES string of the molecule is CC(C)(C)[N+]1(C)CC(C(=O)[O-])N(CC(F)(F)F)C1=O. The van der Waals surface area contributed by atoms with Gasteiger partial charge in [-0.3, -0.25) is 4.90 Å². The third-order valence-electron chi connectivity index (χ3n) is 3.68. The molecular weight excluding hydrogens is 265 g/mol. The molecule has 0 N–H and O–H groups in total. The van der Waals surface area contributed by atoms with Crippen molar-refractivity contribution in [1.82, 2.24) is 4.90 Å². The number of aliphatic carboxylic acids is 1. The second kappa shape index (κ2) is 4.36. The lowest BCUT2D eigenvalue weighted by Crippen LogP contribution is -2.59. The molecule has 1 heterocycles. The molecule has 8 heteroatoms. The lowest BCUT2D eigenvalue weighted by atomic mass is 10.0. The quantitative estimate of drug-likeness (QED) is 0.687. The second-order valence-corrected chi connectivity index (χ2v) is 5.91. The summed E-state index contributed by atoms with van der Waals surface area (Å²) >= 11 is 0. The zero-order chi connectivity index (χ0) is 15.2. The predicted molar refractivity (Wildman–Crippen MR) is 57.8 cm³/mol. The number of carbonyl (C=O) groups excluding carboxylic acids is 2. The minimum atomic E-state index is -4.64. The summed E-state index contributed by atoms with van der Waals surface area (Å²) < 4.78 is 37.0. The van der Waals surface area contributed by atoms with E-state index in [1.807, 2.05) is 0 Å². The minimum Gasteiger partial charge on any atom is -0.548 e. The largest absolute Gasteiger partial charge is 0.548 e. The van der Waals surface area contributed by atoms with Crippen LogP contribution in [-0.4, -0.2) is 59.3 Å². The molecule has 2 atom stereocenters. The van der Waals surface area contributed by atoms with Crippen molar-refractivity contribution in [1.29, 1.82) is 0 Å². The molecule has 110 valence electrons. The summed E-state index contributed by atoms with van der Waals surface area (Å²) in [5.74, 6) is -1.66. The number of quaternary nitrogens is 1. The number of nitrogens with zero attached hydrogens (tertiary/aromatic N) is 2. The van der Waals surface area contributed by atoms with Crippen LogP contribution in [0.3, 0.4) is 0 Å². The number of alkyl halides is 3.